The van der Waals surface area contributed by atoms with E-state index in [2.05, 4.69) is 10.1 Å². The van der Waals surface area contributed by atoms with E-state index in [4.69, 9.17) is 5.41 Å². The van der Waals surface area contributed by atoms with Crippen LogP contribution in [0.25, 0.3) is 6.08 Å². The lowest BCUT2D eigenvalue weighted by Gasteiger charge is -2.26. The van der Waals surface area contributed by atoms with Gasteiger partial charge in [-0.25, -0.2) is 0 Å². The van der Waals surface area contributed by atoms with E-state index in [0.717, 1.165) is 43.6 Å². The third-order valence-corrected chi connectivity index (χ3v) is 6.14. The molecule has 30 heavy (non-hydrogen) atoms. The van der Waals surface area contributed by atoms with Crippen molar-refractivity contribution in [3.8, 4) is 0 Å². The first-order valence-electron chi connectivity index (χ1n) is 9.96. The van der Waals surface area contributed by atoms with Gasteiger partial charge in [0, 0.05) is 32.9 Å². The molecule has 1 aromatic rings. The summed E-state index contributed by atoms with van der Waals surface area (Å²) in [5, 5.41) is 15.1. The number of hydrogen-bond donors (Lipinski definition) is 1. The molecule has 0 unspecified atom stereocenters. The summed E-state index contributed by atoms with van der Waals surface area (Å²) in [6, 6.07) is 7.69. The highest BCUT2D eigenvalue weighted by molar-refractivity contribution is 8.27. The molecular formula is C21H24N6O2S. The van der Waals surface area contributed by atoms with Crippen molar-refractivity contribution in [2.45, 2.75) is 25.7 Å². The molecule has 0 aliphatic carbocycles. The van der Waals surface area contributed by atoms with Crippen molar-refractivity contribution in [3.05, 3.63) is 35.4 Å². The second-order valence-electron chi connectivity index (χ2n) is 7.62. The minimum Gasteiger partial charge on any atom is -0.378 e. The number of nitrogens with one attached hydrogen (secondary N) is 1. The normalized spacial score (nSPS) is 20.3. The molecule has 3 aliphatic rings. The molecule has 0 saturated carbocycles. The highest BCUT2D eigenvalue weighted by Gasteiger charge is 2.36. The van der Waals surface area contributed by atoms with Gasteiger partial charge in [-0.1, -0.05) is 12.1 Å². The zero-order valence-electron chi connectivity index (χ0n) is 17.1. The number of carbonyl (C=O) groups is 2. The second-order valence-corrected chi connectivity index (χ2v) is 8.66. The molecule has 0 atom stereocenters. The number of thioether (sulfide) groups is 1. The smallest absolute Gasteiger partial charge is 0.283 e. The largest absolute Gasteiger partial charge is 0.378 e. The van der Waals surface area contributed by atoms with Crippen LogP contribution in [0.2, 0.25) is 0 Å². The summed E-state index contributed by atoms with van der Waals surface area (Å²) in [4.78, 5) is 33.0. The maximum atomic E-state index is 12.5. The number of rotatable bonds is 4. The summed E-state index contributed by atoms with van der Waals surface area (Å²) in [5.41, 5.74) is 2.04. The quantitative estimate of drug-likeness (QED) is 0.751. The van der Waals surface area contributed by atoms with Crippen LogP contribution < -0.4 is 4.90 Å². The van der Waals surface area contributed by atoms with Crippen LogP contribution >= 0.6 is 11.8 Å². The predicted octanol–water partition coefficient (Wildman–Crippen LogP) is 2.77. The Morgan fingerprint density at radius 3 is 2.57 bits per heavy atom. The lowest BCUT2D eigenvalue weighted by Crippen LogP contribution is -2.36. The fourth-order valence-corrected chi connectivity index (χ4v) is 4.40. The van der Waals surface area contributed by atoms with E-state index in [1.165, 1.54) is 16.8 Å². The highest BCUT2D eigenvalue weighted by atomic mass is 32.2. The summed E-state index contributed by atoms with van der Waals surface area (Å²) in [6.07, 6.45) is 5.06. The number of hydrazone groups is 1. The Morgan fingerprint density at radius 2 is 1.90 bits per heavy atom. The van der Waals surface area contributed by atoms with Crippen LogP contribution in [-0.2, 0) is 9.59 Å². The number of amides is 2. The number of fused-ring (bicyclic) bond motifs is 1. The van der Waals surface area contributed by atoms with Gasteiger partial charge in [-0.3, -0.25) is 15.0 Å². The standard InChI is InChI=1S/C21H24N6O2S/c1-25(2)15-8-6-14(7-9-15)12-16-19(22)27-21(23-20(16)29)30-17(24-27)13-18(28)26-10-4-3-5-11-26/h6-9,12,22H,3-5,10-11,13H2,1-2H3. The fraction of sp³-hybridized carbons (Fsp3) is 0.381. The third-order valence-electron chi connectivity index (χ3n) is 5.23. The van der Waals surface area contributed by atoms with Crippen molar-refractivity contribution in [2.24, 2.45) is 10.1 Å². The van der Waals surface area contributed by atoms with Crippen molar-refractivity contribution in [1.29, 1.82) is 5.41 Å². The van der Waals surface area contributed by atoms with Crippen LogP contribution in [0.4, 0.5) is 5.69 Å². The maximum Gasteiger partial charge on any atom is 0.283 e. The summed E-state index contributed by atoms with van der Waals surface area (Å²) in [7, 11) is 3.92. The molecule has 1 fully saturated rings. The highest BCUT2D eigenvalue weighted by Crippen LogP contribution is 2.30. The van der Waals surface area contributed by atoms with Crippen LogP contribution in [0.15, 0.2) is 39.9 Å². The Balaban J connectivity index is 1.50. The van der Waals surface area contributed by atoms with E-state index in [1.807, 2.05) is 48.2 Å². The Bertz CT molecular complexity index is 974. The van der Waals surface area contributed by atoms with E-state index in [-0.39, 0.29) is 23.7 Å². The number of likely N-dealkylation sites (tertiary alicyclic amines) is 1. The van der Waals surface area contributed by atoms with Crippen LogP contribution in [0.5, 0.6) is 0 Å². The lowest BCUT2D eigenvalue weighted by atomic mass is 10.1. The lowest BCUT2D eigenvalue weighted by molar-refractivity contribution is -0.130. The third kappa shape index (κ3) is 4.16. The molecule has 0 aromatic heterocycles. The molecule has 0 spiro atoms. The van der Waals surface area contributed by atoms with Crippen molar-refractivity contribution in [3.63, 3.8) is 0 Å². The SMILES string of the molecule is CN(C)c1ccc(C=C2C(=N)N3N=C(CC(=O)N4CCCCC4)SC3=NC2=O)cc1. The van der Waals surface area contributed by atoms with Gasteiger partial charge in [0.2, 0.25) is 11.1 Å². The molecule has 1 aromatic carbocycles. The fourth-order valence-electron chi connectivity index (χ4n) is 3.52. The van der Waals surface area contributed by atoms with E-state index in [9.17, 15) is 9.59 Å². The average molecular weight is 425 g/mol. The molecule has 3 heterocycles. The monoisotopic (exact) mass is 424 g/mol. The molecule has 1 saturated heterocycles. The zero-order valence-corrected chi connectivity index (χ0v) is 17.9. The van der Waals surface area contributed by atoms with Gasteiger partial charge in [0.05, 0.1) is 12.0 Å². The Hall–Kier alpha value is -2.94. The first-order valence-corrected chi connectivity index (χ1v) is 10.8. The van der Waals surface area contributed by atoms with Crippen LogP contribution in [-0.4, -0.2) is 65.0 Å². The number of piperidine rings is 1. The van der Waals surface area contributed by atoms with Gasteiger partial charge in [0.1, 0.15) is 5.04 Å². The van der Waals surface area contributed by atoms with Gasteiger partial charge in [0.25, 0.3) is 5.91 Å². The molecule has 156 valence electrons. The van der Waals surface area contributed by atoms with Crippen LogP contribution in [0.3, 0.4) is 0 Å². The van der Waals surface area contributed by atoms with Gasteiger partial charge >= 0.3 is 0 Å². The molecule has 0 bridgehead atoms. The number of nitrogens with zero attached hydrogens (tertiary/aromatic N) is 5. The molecular weight excluding hydrogens is 400 g/mol. The topological polar surface area (TPSA) is 92.4 Å². The number of aliphatic imine (C=N–C) groups is 1. The molecule has 0 radical (unpaired) electrons. The first kappa shape index (κ1) is 20.3. The van der Waals surface area contributed by atoms with Gasteiger partial charge in [0.15, 0.2) is 5.84 Å². The second kappa shape index (κ2) is 8.43. The van der Waals surface area contributed by atoms with Crippen molar-refractivity contribution in [1.82, 2.24) is 9.91 Å². The number of hydrogen-bond acceptors (Lipinski definition) is 6. The summed E-state index contributed by atoms with van der Waals surface area (Å²) in [5.74, 6) is -0.445. The molecule has 3 aliphatic heterocycles. The molecule has 9 heteroatoms. The van der Waals surface area contributed by atoms with E-state index in [0.29, 0.717) is 10.2 Å². The molecule has 1 N–H and O–H groups in total. The van der Waals surface area contributed by atoms with E-state index < -0.39 is 5.91 Å². The molecule has 2 amide bonds. The van der Waals surface area contributed by atoms with Gasteiger partial charge in [-0.05, 0) is 54.8 Å². The Labute approximate surface area is 179 Å². The van der Waals surface area contributed by atoms with Crippen molar-refractivity contribution >= 4 is 51.4 Å². The Morgan fingerprint density at radius 1 is 1.20 bits per heavy atom. The number of benzene rings is 1. The molecule has 4 rings (SSSR count). The van der Waals surface area contributed by atoms with Gasteiger partial charge in [-0.15, -0.1) is 0 Å². The summed E-state index contributed by atoms with van der Waals surface area (Å²) < 4.78 is 0. The van der Waals surface area contributed by atoms with Crippen molar-refractivity contribution in [2.75, 3.05) is 32.1 Å². The van der Waals surface area contributed by atoms with E-state index in [1.54, 1.807) is 6.08 Å². The van der Waals surface area contributed by atoms with Gasteiger partial charge in [-0.2, -0.15) is 15.1 Å². The summed E-state index contributed by atoms with van der Waals surface area (Å²) in [6.45, 7) is 1.57. The number of anilines is 1. The predicted molar refractivity (Wildman–Crippen MR) is 121 cm³/mol. The van der Waals surface area contributed by atoms with Crippen molar-refractivity contribution < 1.29 is 9.59 Å². The zero-order chi connectivity index (χ0) is 21.3. The average Bonchev–Trinajstić information content (AvgIpc) is 3.14. The minimum absolute atomic E-state index is 0.0189. The Kier molecular flexibility index (Phi) is 5.72. The number of amidine groups is 2. The van der Waals surface area contributed by atoms with Crippen LogP contribution in [0.1, 0.15) is 31.2 Å². The van der Waals surface area contributed by atoms with Gasteiger partial charge < -0.3 is 9.80 Å². The number of carbonyl (C=O) groups excluding carboxylic acids is 2. The van der Waals surface area contributed by atoms with E-state index >= 15 is 0 Å². The molecule has 8 nitrogen and oxygen atoms in total. The van der Waals surface area contributed by atoms with Crippen LogP contribution in [0, 0.1) is 5.41 Å². The summed E-state index contributed by atoms with van der Waals surface area (Å²) >= 11 is 1.19. The maximum absolute atomic E-state index is 12.5. The minimum atomic E-state index is -0.464. The first-order chi connectivity index (χ1) is 14.4.